The third-order valence-corrected chi connectivity index (χ3v) is 8.30. The molecule has 2 aromatic heterocycles. The Bertz CT molecular complexity index is 1670. The molecule has 1 aromatic carbocycles. The molecule has 1 atom stereocenters. The van der Waals surface area contributed by atoms with E-state index in [0.29, 0.717) is 28.8 Å². The van der Waals surface area contributed by atoms with E-state index in [4.69, 9.17) is 10.1 Å². The zero-order valence-electron chi connectivity index (χ0n) is 22.3. The first-order valence-electron chi connectivity index (χ1n) is 12.9. The van der Waals surface area contributed by atoms with Crippen LogP contribution in [0.4, 0.5) is 5.82 Å². The van der Waals surface area contributed by atoms with Crippen LogP contribution in [0, 0.1) is 11.8 Å². The number of sulfonamides is 1. The molecule has 5 rings (SSSR count). The molecule has 2 saturated carbocycles. The molecule has 204 valence electrons. The fourth-order valence-corrected chi connectivity index (χ4v) is 5.24. The monoisotopic (exact) mass is 548 g/mol. The van der Waals surface area contributed by atoms with Gasteiger partial charge in [0.05, 0.1) is 22.4 Å². The Morgan fingerprint density at radius 3 is 2.46 bits per heavy atom. The van der Waals surface area contributed by atoms with Gasteiger partial charge in [0.25, 0.3) is 5.56 Å². The first-order valence-corrected chi connectivity index (χ1v) is 14.5. The maximum atomic E-state index is 13.8. The van der Waals surface area contributed by atoms with Crippen molar-refractivity contribution in [2.24, 2.45) is 27.0 Å². The molecule has 0 aliphatic heterocycles. The van der Waals surface area contributed by atoms with E-state index in [1.54, 1.807) is 29.9 Å². The number of aliphatic imine (C=N–C) groups is 2. The molecule has 39 heavy (non-hydrogen) atoms. The number of anilines is 1. The Balaban J connectivity index is 1.57. The Kier molecular flexibility index (Phi) is 7.17. The molecule has 0 amide bonds. The van der Waals surface area contributed by atoms with Crippen molar-refractivity contribution in [3.05, 3.63) is 57.9 Å². The lowest BCUT2D eigenvalue weighted by Crippen LogP contribution is -2.29. The van der Waals surface area contributed by atoms with E-state index < -0.39 is 10.0 Å². The summed E-state index contributed by atoms with van der Waals surface area (Å²) >= 11 is 0. The van der Waals surface area contributed by atoms with E-state index in [0.717, 1.165) is 48.2 Å². The predicted octanol–water partition coefficient (Wildman–Crippen LogP) is 3.33. The molecule has 0 unspecified atom stereocenters. The number of nitrogens with zero attached hydrogens (tertiary/aromatic N) is 6. The number of nitrogens with two attached hydrogens (primary N) is 1. The van der Waals surface area contributed by atoms with Crippen LogP contribution in [0.15, 0.2) is 55.8 Å². The number of primary sulfonamides is 1. The van der Waals surface area contributed by atoms with Crippen LogP contribution in [0.5, 0.6) is 0 Å². The van der Waals surface area contributed by atoms with E-state index in [2.05, 4.69) is 32.0 Å². The van der Waals surface area contributed by atoms with Crippen molar-refractivity contribution in [3.8, 4) is 0 Å². The summed E-state index contributed by atoms with van der Waals surface area (Å²) in [7, 11) is -2.06. The number of aromatic nitrogens is 4. The largest absolute Gasteiger partial charge is 0.361 e. The average molecular weight is 549 g/mol. The summed E-state index contributed by atoms with van der Waals surface area (Å²) in [6.45, 7) is 7.98. The number of hydrogen-bond acceptors (Lipinski definition) is 9. The minimum absolute atomic E-state index is 0.0249. The van der Waals surface area contributed by atoms with Gasteiger partial charge in [-0.15, -0.1) is 0 Å². The van der Waals surface area contributed by atoms with Crippen LogP contribution in [-0.4, -0.2) is 47.4 Å². The number of fused-ring (bicyclic) bond motifs is 1. The number of rotatable bonds is 10. The lowest BCUT2D eigenvalue weighted by Gasteiger charge is -2.19. The van der Waals surface area contributed by atoms with Gasteiger partial charge in [0.1, 0.15) is 5.52 Å². The zero-order valence-corrected chi connectivity index (χ0v) is 23.1. The summed E-state index contributed by atoms with van der Waals surface area (Å²) in [6.07, 6.45) is 5.80. The molecule has 0 bridgehead atoms. The molecular formula is C27H32N8O3S. The summed E-state index contributed by atoms with van der Waals surface area (Å²) in [4.78, 5) is 36.6. The highest BCUT2D eigenvalue weighted by atomic mass is 32.2. The van der Waals surface area contributed by atoms with Crippen LogP contribution in [-0.2, 0) is 16.6 Å². The average Bonchev–Trinajstić information content (AvgIpc) is 3.83. The third-order valence-electron chi connectivity index (χ3n) is 7.37. The number of allylic oxidation sites excluding steroid dienone is 2. The Morgan fingerprint density at radius 2 is 1.90 bits per heavy atom. The van der Waals surface area contributed by atoms with Crippen molar-refractivity contribution >= 4 is 45.0 Å². The highest BCUT2D eigenvalue weighted by molar-refractivity contribution is 7.89. The molecule has 2 aliphatic rings. The molecule has 11 nitrogen and oxygen atoms in total. The van der Waals surface area contributed by atoms with Crippen LogP contribution in [0.2, 0.25) is 0 Å². The van der Waals surface area contributed by atoms with Crippen molar-refractivity contribution < 1.29 is 8.42 Å². The lowest BCUT2D eigenvalue weighted by molar-refractivity contribution is 0.482. The molecule has 0 spiro atoms. The van der Waals surface area contributed by atoms with Gasteiger partial charge in [-0.3, -0.25) is 19.3 Å². The smallest absolute Gasteiger partial charge is 0.295 e. The topological polar surface area (TPSA) is 158 Å². The molecule has 2 aliphatic carbocycles. The molecule has 0 saturated heterocycles. The van der Waals surface area contributed by atoms with Crippen LogP contribution >= 0.6 is 0 Å². The maximum Gasteiger partial charge on any atom is 0.295 e. The van der Waals surface area contributed by atoms with Gasteiger partial charge in [0, 0.05) is 31.3 Å². The lowest BCUT2D eigenvalue weighted by atomic mass is 10.1. The highest BCUT2D eigenvalue weighted by Crippen LogP contribution is 2.41. The van der Waals surface area contributed by atoms with Crippen molar-refractivity contribution in [1.82, 2.24) is 19.5 Å². The molecule has 0 radical (unpaired) electrons. The SMILES string of the molecule is C=N/C(=C(\C(C)=N/C)c1ncc2nc(NCc3ccc(S(N)(=O)=O)cc3)c(=O)n([C@@H](C)C3CC3)c2n1)C1CC1. The predicted molar refractivity (Wildman–Crippen MR) is 152 cm³/mol. The van der Waals surface area contributed by atoms with E-state index >= 15 is 0 Å². The molecule has 2 heterocycles. The third kappa shape index (κ3) is 5.52. The summed E-state index contributed by atoms with van der Waals surface area (Å²) in [5.41, 5.74) is 3.79. The second-order valence-electron chi connectivity index (χ2n) is 10.2. The van der Waals surface area contributed by atoms with E-state index in [1.807, 2.05) is 13.8 Å². The summed E-state index contributed by atoms with van der Waals surface area (Å²) in [5, 5.41) is 8.30. The first-order chi connectivity index (χ1) is 18.6. The quantitative estimate of drug-likeness (QED) is 0.368. The van der Waals surface area contributed by atoms with Crippen LogP contribution in [0.25, 0.3) is 16.7 Å². The van der Waals surface area contributed by atoms with E-state index in [1.165, 1.54) is 12.1 Å². The van der Waals surface area contributed by atoms with Gasteiger partial charge in [0.2, 0.25) is 10.0 Å². The van der Waals surface area contributed by atoms with Gasteiger partial charge in [-0.1, -0.05) is 12.1 Å². The Hall–Kier alpha value is -3.77. The van der Waals surface area contributed by atoms with Gasteiger partial charge in [-0.2, -0.15) is 0 Å². The number of benzene rings is 1. The fourth-order valence-electron chi connectivity index (χ4n) is 4.73. The molecule has 2 fully saturated rings. The normalized spacial score (nSPS) is 17.6. The van der Waals surface area contributed by atoms with Gasteiger partial charge in [0.15, 0.2) is 17.3 Å². The van der Waals surface area contributed by atoms with Crippen LogP contribution < -0.4 is 16.0 Å². The van der Waals surface area contributed by atoms with Crippen molar-refractivity contribution in [1.29, 1.82) is 0 Å². The minimum Gasteiger partial charge on any atom is -0.361 e. The van der Waals surface area contributed by atoms with Gasteiger partial charge in [-0.05, 0) is 69.9 Å². The molecule has 12 heteroatoms. The zero-order chi connectivity index (χ0) is 27.9. The maximum absolute atomic E-state index is 13.8. The standard InChI is InChI=1S/C27H32N8O3S/c1-15(29-3)22(23(30-4)19-9-10-19)24-32-14-21-26(34-24)35(16(2)18-7-8-18)27(36)25(33-21)31-13-17-5-11-20(12-6-17)39(28,37)38/h5-6,11-12,14,16,18-19H,4,7-10,13H2,1-3H3,(H,31,33)(H2,28,37,38)/b23-22+,29-15-/t16-/m0/s1. The van der Waals surface area contributed by atoms with Crippen molar-refractivity contribution in [2.45, 2.75) is 57.0 Å². The second kappa shape index (κ2) is 10.4. The van der Waals surface area contributed by atoms with Crippen LogP contribution in [0.1, 0.15) is 57.0 Å². The minimum atomic E-state index is -3.78. The summed E-state index contributed by atoms with van der Waals surface area (Å²) in [5.74, 6) is 1.32. The van der Waals surface area contributed by atoms with Crippen molar-refractivity contribution in [3.63, 3.8) is 0 Å². The van der Waals surface area contributed by atoms with E-state index in [9.17, 15) is 13.2 Å². The van der Waals surface area contributed by atoms with Gasteiger partial charge < -0.3 is 5.32 Å². The first kappa shape index (κ1) is 26.8. The van der Waals surface area contributed by atoms with E-state index in [-0.39, 0.29) is 28.9 Å². The van der Waals surface area contributed by atoms with Gasteiger partial charge in [-0.25, -0.2) is 28.5 Å². The molecular weight excluding hydrogens is 516 g/mol. The Morgan fingerprint density at radius 1 is 1.21 bits per heavy atom. The fraction of sp³-hybridized carbons (Fsp3) is 0.407. The van der Waals surface area contributed by atoms with Crippen LogP contribution in [0.3, 0.4) is 0 Å². The molecule has 3 N–H and O–H groups in total. The van der Waals surface area contributed by atoms with Crippen molar-refractivity contribution in [2.75, 3.05) is 12.4 Å². The molecule has 3 aromatic rings. The number of nitrogens with one attached hydrogen (secondary N) is 1. The summed E-state index contributed by atoms with van der Waals surface area (Å²) < 4.78 is 24.8. The summed E-state index contributed by atoms with van der Waals surface area (Å²) in [6, 6.07) is 6.08. The Labute approximate surface area is 227 Å². The van der Waals surface area contributed by atoms with Gasteiger partial charge >= 0.3 is 0 Å². The second-order valence-corrected chi connectivity index (χ2v) is 11.7. The highest BCUT2D eigenvalue weighted by Gasteiger charge is 2.33. The number of hydrogen-bond donors (Lipinski definition) is 2.